The molecule has 0 aromatic heterocycles. The third kappa shape index (κ3) is 7.73. The maximum atomic E-state index is 12.7. The van der Waals surface area contributed by atoms with Crippen molar-refractivity contribution in [3.63, 3.8) is 0 Å². The zero-order valence-corrected chi connectivity index (χ0v) is 15.6. The van der Waals surface area contributed by atoms with Gasteiger partial charge in [-0.25, -0.2) is 9.59 Å². The standard InChI is InChI=1S/C20H20F3NO5/c1-27-18(25)13-29-17-7-3-5-15(11-17)12-24-19(26)28-9-8-14-4-2-6-16(10-14)20(21,22)23/h2-7,10-11H,8-9,12-13H2,1H3,(H,24,26). The zero-order valence-electron chi connectivity index (χ0n) is 15.6. The van der Waals surface area contributed by atoms with E-state index in [0.717, 1.165) is 12.1 Å². The van der Waals surface area contributed by atoms with Crippen molar-refractivity contribution in [2.75, 3.05) is 20.3 Å². The number of alkyl halides is 3. The van der Waals surface area contributed by atoms with Crippen molar-refractivity contribution < 1.29 is 37.0 Å². The van der Waals surface area contributed by atoms with E-state index < -0.39 is 23.8 Å². The molecule has 156 valence electrons. The van der Waals surface area contributed by atoms with Crippen molar-refractivity contribution in [1.82, 2.24) is 5.32 Å². The Hall–Kier alpha value is -3.23. The normalized spacial score (nSPS) is 10.9. The molecule has 2 aromatic rings. The Morgan fingerprint density at radius 1 is 1.03 bits per heavy atom. The molecule has 0 unspecified atom stereocenters. The van der Waals surface area contributed by atoms with E-state index in [9.17, 15) is 22.8 Å². The number of carbonyl (C=O) groups is 2. The Morgan fingerprint density at radius 3 is 2.48 bits per heavy atom. The highest BCUT2D eigenvalue weighted by molar-refractivity contribution is 5.70. The van der Waals surface area contributed by atoms with Gasteiger partial charge in [-0.05, 0) is 29.3 Å². The van der Waals surface area contributed by atoms with Crippen LogP contribution in [0.15, 0.2) is 48.5 Å². The fourth-order valence-corrected chi connectivity index (χ4v) is 2.34. The van der Waals surface area contributed by atoms with Gasteiger partial charge < -0.3 is 19.5 Å². The summed E-state index contributed by atoms with van der Waals surface area (Å²) in [5, 5.41) is 2.54. The molecule has 0 spiro atoms. The quantitative estimate of drug-likeness (QED) is 0.670. The second-order valence-corrected chi connectivity index (χ2v) is 5.95. The lowest BCUT2D eigenvalue weighted by Gasteiger charge is -2.10. The van der Waals surface area contributed by atoms with Gasteiger partial charge in [0.05, 0.1) is 19.3 Å². The van der Waals surface area contributed by atoms with Crippen LogP contribution in [0.25, 0.3) is 0 Å². The summed E-state index contributed by atoms with van der Waals surface area (Å²) in [4.78, 5) is 22.8. The first kappa shape index (κ1) is 22.1. The van der Waals surface area contributed by atoms with Gasteiger partial charge in [-0.15, -0.1) is 0 Å². The number of ether oxygens (including phenoxy) is 3. The lowest BCUT2D eigenvalue weighted by atomic mass is 10.1. The lowest BCUT2D eigenvalue weighted by molar-refractivity contribution is -0.143. The second kappa shape index (κ2) is 10.4. The van der Waals surface area contributed by atoms with E-state index in [4.69, 9.17) is 9.47 Å². The average molecular weight is 411 g/mol. The van der Waals surface area contributed by atoms with Crippen molar-refractivity contribution in [2.45, 2.75) is 19.1 Å². The number of hydrogen-bond donors (Lipinski definition) is 1. The van der Waals surface area contributed by atoms with Crippen LogP contribution in [0.5, 0.6) is 5.75 Å². The summed E-state index contributed by atoms with van der Waals surface area (Å²) in [5.74, 6) is -0.0782. The van der Waals surface area contributed by atoms with E-state index in [1.54, 1.807) is 24.3 Å². The first-order valence-electron chi connectivity index (χ1n) is 8.63. The summed E-state index contributed by atoms with van der Waals surface area (Å²) >= 11 is 0. The first-order valence-corrected chi connectivity index (χ1v) is 8.63. The highest BCUT2D eigenvalue weighted by Gasteiger charge is 2.30. The molecule has 0 heterocycles. The number of methoxy groups -OCH3 is 1. The van der Waals surface area contributed by atoms with Crippen molar-refractivity contribution in [3.05, 3.63) is 65.2 Å². The minimum Gasteiger partial charge on any atom is -0.482 e. The van der Waals surface area contributed by atoms with Crippen LogP contribution in [-0.4, -0.2) is 32.4 Å². The molecule has 6 nitrogen and oxygen atoms in total. The van der Waals surface area contributed by atoms with Crippen LogP contribution in [0.3, 0.4) is 0 Å². The van der Waals surface area contributed by atoms with Crippen LogP contribution in [-0.2, 0) is 33.4 Å². The summed E-state index contributed by atoms with van der Waals surface area (Å²) in [7, 11) is 1.25. The molecule has 9 heteroatoms. The fourth-order valence-electron chi connectivity index (χ4n) is 2.34. The van der Waals surface area contributed by atoms with Gasteiger partial charge in [-0.1, -0.05) is 30.3 Å². The molecule has 2 aromatic carbocycles. The molecule has 0 atom stereocenters. The fraction of sp³-hybridized carbons (Fsp3) is 0.300. The van der Waals surface area contributed by atoms with E-state index in [1.807, 2.05) is 0 Å². The van der Waals surface area contributed by atoms with Crippen LogP contribution in [0.4, 0.5) is 18.0 Å². The summed E-state index contributed by atoms with van der Waals surface area (Å²) in [6, 6.07) is 11.6. The molecular weight excluding hydrogens is 391 g/mol. The minimum absolute atomic E-state index is 0.0601. The summed E-state index contributed by atoms with van der Waals surface area (Å²) < 4.78 is 52.8. The van der Waals surface area contributed by atoms with E-state index in [1.165, 1.54) is 19.2 Å². The molecule has 0 fully saturated rings. The summed E-state index contributed by atoms with van der Waals surface area (Å²) in [5.41, 5.74) is 0.388. The van der Waals surface area contributed by atoms with Gasteiger partial charge in [-0.3, -0.25) is 0 Å². The SMILES string of the molecule is COC(=O)COc1cccc(CNC(=O)OCCc2cccc(C(F)(F)F)c2)c1. The Labute approximate surface area is 165 Å². The average Bonchev–Trinajstić information content (AvgIpc) is 2.70. The van der Waals surface area contributed by atoms with Crippen LogP contribution < -0.4 is 10.1 Å². The smallest absolute Gasteiger partial charge is 0.416 e. The molecule has 0 aliphatic carbocycles. The van der Waals surface area contributed by atoms with Gasteiger partial charge >= 0.3 is 18.2 Å². The molecule has 2 rings (SSSR count). The number of rotatable bonds is 8. The number of alkyl carbamates (subject to hydrolysis) is 1. The number of amides is 1. The van der Waals surface area contributed by atoms with E-state index in [-0.39, 0.29) is 26.2 Å². The van der Waals surface area contributed by atoms with Crippen LogP contribution in [0.2, 0.25) is 0 Å². The number of nitrogens with one attached hydrogen (secondary N) is 1. The van der Waals surface area contributed by atoms with Gasteiger partial charge in [-0.2, -0.15) is 13.2 Å². The highest BCUT2D eigenvalue weighted by atomic mass is 19.4. The third-order valence-electron chi connectivity index (χ3n) is 3.80. The molecule has 0 radical (unpaired) electrons. The zero-order chi connectivity index (χ0) is 21.3. The summed E-state index contributed by atoms with van der Waals surface area (Å²) in [6.45, 7) is -0.141. The number of halogens is 3. The Balaban J connectivity index is 1.76. The molecule has 0 aliphatic rings. The minimum atomic E-state index is -4.41. The number of benzene rings is 2. The number of hydrogen-bond acceptors (Lipinski definition) is 5. The van der Waals surface area contributed by atoms with Gasteiger partial charge in [0.1, 0.15) is 5.75 Å². The van der Waals surface area contributed by atoms with Crippen molar-refractivity contribution in [2.24, 2.45) is 0 Å². The van der Waals surface area contributed by atoms with Crippen molar-refractivity contribution in [3.8, 4) is 5.75 Å². The molecule has 29 heavy (non-hydrogen) atoms. The third-order valence-corrected chi connectivity index (χ3v) is 3.80. The molecule has 0 bridgehead atoms. The van der Waals surface area contributed by atoms with E-state index in [2.05, 4.69) is 10.1 Å². The van der Waals surface area contributed by atoms with Gasteiger partial charge in [0.2, 0.25) is 0 Å². The Morgan fingerprint density at radius 2 is 1.76 bits per heavy atom. The van der Waals surface area contributed by atoms with Gasteiger partial charge in [0.25, 0.3) is 0 Å². The molecule has 1 N–H and O–H groups in total. The van der Waals surface area contributed by atoms with Gasteiger partial charge in [0.15, 0.2) is 6.61 Å². The van der Waals surface area contributed by atoms with E-state index in [0.29, 0.717) is 16.9 Å². The maximum Gasteiger partial charge on any atom is 0.416 e. The molecule has 1 amide bonds. The van der Waals surface area contributed by atoms with Gasteiger partial charge in [0, 0.05) is 13.0 Å². The monoisotopic (exact) mass is 411 g/mol. The molecule has 0 aliphatic heterocycles. The predicted octanol–water partition coefficient (Wildman–Crippen LogP) is 3.73. The van der Waals surface area contributed by atoms with Crippen molar-refractivity contribution in [1.29, 1.82) is 0 Å². The molecule has 0 saturated heterocycles. The van der Waals surface area contributed by atoms with Crippen LogP contribution in [0.1, 0.15) is 16.7 Å². The Kier molecular flexibility index (Phi) is 7.88. The molecular formula is C20H20F3NO5. The lowest BCUT2D eigenvalue weighted by Crippen LogP contribution is -2.24. The largest absolute Gasteiger partial charge is 0.482 e. The second-order valence-electron chi connectivity index (χ2n) is 5.95. The first-order chi connectivity index (χ1) is 13.8. The predicted molar refractivity (Wildman–Crippen MR) is 97.3 cm³/mol. The molecule has 0 saturated carbocycles. The van der Waals surface area contributed by atoms with Crippen molar-refractivity contribution >= 4 is 12.1 Å². The Bertz CT molecular complexity index is 839. The highest BCUT2D eigenvalue weighted by Crippen LogP contribution is 2.29. The van der Waals surface area contributed by atoms with Crippen LogP contribution >= 0.6 is 0 Å². The van der Waals surface area contributed by atoms with Crippen LogP contribution in [0, 0.1) is 0 Å². The topological polar surface area (TPSA) is 73.9 Å². The van der Waals surface area contributed by atoms with E-state index >= 15 is 0 Å². The number of carbonyl (C=O) groups excluding carboxylic acids is 2. The number of esters is 1. The maximum absolute atomic E-state index is 12.7. The summed E-state index contributed by atoms with van der Waals surface area (Å²) in [6.07, 6.45) is -4.95.